The second-order valence-electron chi connectivity index (χ2n) is 4.63. The van der Waals surface area contributed by atoms with Gasteiger partial charge in [0.05, 0.1) is 19.0 Å². The molecule has 6 nitrogen and oxygen atoms in total. The number of ether oxygens (including phenoxy) is 1. The van der Waals surface area contributed by atoms with Crippen LogP contribution in [-0.4, -0.2) is 22.3 Å². The summed E-state index contributed by atoms with van der Waals surface area (Å²) < 4.78 is 18.8. The highest BCUT2D eigenvalue weighted by Gasteiger charge is 2.05. The van der Waals surface area contributed by atoms with E-state index in [1.807, 2.05) is 18.2 Å². The maximum Gasteiger partial charge on any atom is 0.249 e. The Balaban J connectivity index is 1.78. The van der Waals surface area contributed by atoms with E-state index >= 15 is 0 Å². The highest BCUT2D eigenvalue weighted by molar-refractivity contribution is 5.59. The summed E-state index contributed by atoms with van der Waals surface area (Å²) in [6, 6.07) is 13.7. The Morgan fingerprint density at radius 2 is 1.91 bits per heavy atom. The molecule has 0 amide bonds. The maximum absolute atomic E-state index is 13.7. The van der Waals surface area contributed by atoms with Crippen molar-refractivity contribution in [2.75, 3.05) is 17.7 Å². The van der Waals surface area contributed by atoms with E-state index < -0.39 is 0 Å². The van der Waals surface area contributed by atoms with Crippen LogP contribution in [0.3, 0.4) is 0 Å². The van der Waals surface area contributed by atoms with Crippen molar-refractivity contribution in [1.82, 2.24) is 15.2 Å². The third kappa shape index (κ3) is 3.70. The molecule has 0 unspecified atom stereocenters. The Bertz CT molecular complexity index is 812. The third-order valence-electron chi connectivity index (χ3n) is 3.02. The molecule has 3 aromatic rings. The molecule has 0 aliphatic heterocycles. The highest BCUT2D eigenvalue weighted by atomic mass is 19.1. The van der Waals surface area contributed by atoms with E-state index in [2.05, 4.69) is 25.8 Å². The molecule has 0 radical (unpaired) electrons. The Morgan fingerprint density at radius 3 is 2.74 bits per heavy atom. The van der Waals surface area contributed by atoms with Gasteiger partial charge in [0.1, 0.15) is 11.6 Å². The summed E-state index contributed by atoms with van der Waals surface area (Å²) in [6.07, 6.45) is 1.42. The maximum atomic E-state index is 13.7. The Labute approximate surface area is 132 Å². The molecule has 0 spiro atoms. The fourth-order valence-corrected chi connectivity index (χ4v) is 1.95. The van der Waals surface area contributed by atoms with Crippen molar-refractivity contribution in [1.29, 1.82) is 0 Å². The average Bonchev–Trinajstić information content (AvgIpc) is 2.57. The minimum atomic E-state index is -0.367. The topological polar surface area (TPSA) is 72.0 Å². The van der Waals surface area contributed by atoms with E-state index in [0.29, 0.717) is 23.2 Å². The molecule has 0 bridgehead atoms. The molecule has 0 aliphatic carbocycles. The summed E-state index contributed by atoms with van der Waals surface area (Å²) in [5.41, 5.74) is 1.08. The summed E-state index contributed by atoms with van der Waals surface area (Å²) in [5.74, 6) is 1.02. The molecular formula is C16H14FN5O. The third-order valence-corrected chi connectivity index (χ3v) is 3.02. The van der Waals surface area contributed by atoms with Gasteiger partial charge in [-0.1, -0.05) is 18.2 Å². The number of aromatic nitrogens is 3. The van der Waals surface area contributed by atoms with E-state index in [9.17, 15) is 4.39 Å². The van der Waals surface area contributed by atoms with Crippen molar-refractivity contribution in [2.45, 2.75) is 0 Å². The van der Waals surface area contributed by atoms with Crippen LogP contribution in [0.2, 0.25) is 0 Å². The van der Waals surface area contributed by atoms with Gasteiger partial charge in [0, 0.05) is 11.8 Å². The molecule has 0 fully saturated rings. The largest absolute Gasteiger partial charge is 0.497 e. The molecule has 1 aromatic heterocycles. The van der Waals surface area contributed by atoms with Crippen LogP contribution < -0.4 is 15.4 Å². The first-order valence-corrected chi connectivity index (χ1v) is 6.87. The number of para-hydroxylation sites is 1. The van der Waals surface area contributed by atoms with Crippen LogP contribution in [0.1, 0.15) is 0 Å². The molecular weight excluding hydrogens is 297 g/mol. The summed E-state index contributed by atoms with van der Waals surface area (Å²) >= 11 is 0. The highest BCUT2D eigenvalue weighted by Crippen LogP contribution is 2.21. The normalized spacial score (nSPS) is 10.2. The number of nitrogens with zero attached hydrogens (tertiary/aromatic N) is 3. The molecule has 0 aliphatic rings. The average molecular weight is 311 g/mol. The fourth-order valence-electron chi connectivity index (χ4n) is 1.95. The SMILES string of the molecule is COc1cccc(Nc2nncc(Nc3ccccc3F)n2)c1. The zero-order chi connectivity index (χ0) is 16.1. The lowest BCUT2D eigenvalue weighted by atomic mass is 10.3. The van der Waals surface area contributed by atoms with Crippen molar-refractivity contribution < 1.29 is 9.13 Å². The zero-order valence-corrected chi connectivity index (χ0v) is 12.3. The summed E-state index contributed by atoms with van der Waals surface area (Å²) in [4.78, 5) is 4.26. The lowest BCUT2D eigenvalue weighted by Crippen LogP contribution is -2.03. The molecule has 3 rings (SSSR count). The number of rotatable bonds is 5. The Hall–Kier alpha value is -3.22. The Morgan fingerprint density at radius 1 is 1.04 bits per heavy atom. The van der Waals surface area contributed by atoms with Crippen LogP contribution in [0.25, 0.3) is 0 Å². The molecule has 0 atom stereocenters. The van der Waals surface area contributed by atoms with Gasteiger partial charge in [0.25, 0.3) is 0 Å². The molecule has 2 N–H and O–H groups in total. The predicted octanol–water partition coefficient (Wildman–Crippen LogP) is 3.51. The van der Waals surface area contributed by atoms with Crippen LogP contribution in [0.15, 0.2) is 54.7 Å². The molecule has 2 aromatic carbocycles. The first-order valence-electron chi connectivity index (χ1n) is 6.87. The molecule has 0 saturated heterocycles. The number of anilines is 4. The van der Waals surface area contributed by atoms with Gasteiger partial charge >= 0.3 is 0 Å². The number of benzene rings is 2. The number of halogens is 1. The van der Waals surface area contributed by atoms with Crippen molar-refractivity contribution in [2.24, 2.45) is 0 Å². The van der Waals surface area contributed by atoms with Gasteiger partial charge < -0.3 is 15.4 Å². The van der Waals surface area contributed by atoms with Crippen molar-refractivity contribution in [3.05, 3.63) is 60.5 Å². The van der Waals surface area contributed by atoms with Gasteiger partial charge in [0.2, 0.25) is 5.95 Å². The molecule has 0 saturated carbocycles. The number of hydrogen-bond donors (Lipinski definition) is 2. The molecule has 1 heterocycles. The minimum Gasteiger partial charge on any atom is -0.497 e. The number of nitrogens with one attached hydrogen (secondary N) is 2. The standard InChI is InChI=1S/C16H14FN5O/c1-23-12-6-4-5-11(9-12)19-16-21-15(10-18-22-16)20-14-8-3-2-7-13(14)17/h2-10H,1H3,(H2,19,20,21,22). The van der Waals surface area contributed by atoms with Crippen molar-refractivity contribution in [3.8, 4) is 5.75 Å². The van der Waals surface area contributed by atoms with E-state index in [0.717, 1.165) is 5.69 Å². The van der Waals surface area contributed by atoms with E-state index in [4.69, 9.17) is 4.74 Å². The van der Waals surface area contributed by atoms with Gasteiger partial charge in [-0.25, -0.2) is 4.39 Å². The van der Waals surface area contributed by atoms with Crippen LogP contribution in [0, 0.1) is 5.82 Å². The van der Waals surface area contributed by atoms with E-state index in [-0.39, 0.29) is 5.82 Å². The lowest BCUT2D eigenvalue weighted by molar-refractivity contribution is 0.415. The molecule has 23 heavy (non-hydrogen) atoms. The van der Waals surface area contributed by atoms with E-state index in [1.165, 1.54) is 12.3 Å². The quantitative estimate of drug-likeness (QED) is 0.751. The van der Waals surface area contributed by atoms with Crippen LogP contribution in [0.4, 0.5) is 27.5 Å². The van der Waals surface area contributed by atoms with Crippen LogP contribution in [0.5, 0.6) is 5.75 Å². The van der Waals surface area contributed by atoms with Gasteiger partial charge in [-0.15, -0.1) is 5.10 Å². The number of hydrogen-bond acceptors (Lipinski definition) is 6. The smallest absolute Gasteiger partial charge is 0.249 e. The van der Waals surface area contributed by atoms with Crippen LogP contribution >= 0.6 is 0 Å². The molecule has 7 heteroatoms. The van der Waals surface area contributed by atoms with Crippen LogP contribution in [-0.2, 0) is 0 Å². The lowest BCUT2D eigenvalue weighted by Gasteiger charge is -2.09. The second-order valence-corrected chi connectivity index (χ2v) is 4.63. The number of methoxy groups -OCH3 is 1. The van der Waals surface area contributed by atoms with Gasteiger partial charge in [-0.3, -0.25) is 0 Å². The fraction of sp³-hybridized carbons (Fsp3) is 0.0625. The van der Waals surface area contributed by atoms with Crippen molar-refractivity contribution >= 4 is 23.1 Å². The molecule has 116 valence electrons. The second kappa shape index (κ2) is 6.69. The Kier molecular flexibility index (Phi) is 4.28. The van der Waals surface area contributed by atoms with Crippen molar-refractivity contribution in [3.63, 3.8) is 0 Å². The predicted molar refractivity (Wildman–Crippen MR) is 85.8 cm³/mol. The van der Waals surface area contributed by atoms with Gasteiger partial charge in [0.15, 0.2) is 5.82 Å². The first-order chi connectivity index (χ1) is 11.2. The summed E-state index contributed by atoms with van der Waals surface area (Å²) in [7, 11) is 1.59. The van der Waals surface area contributed by atoms with Gasteiger partial charge in [-0.05, 0) is 24.3 Å². The first kappa shape index (κ1) is 14.7. The summed E-state index contributed by atoms with van der Waals surface area (Å²) in [5, 5.41) is 13.7. The zero-order valence-electron chi connectivity index (χ0n) is 12.3. The van der Waals surface area contributed by atoms with E-state index in [1.54, 1.807) is 31.4 Å². The minimum absolute atomic E-state index is 0.291. The summed E-state index contributed by atoms with van der Waals surface area (Å²) in [6.45, 7) is 0. The monoisotopic (exact) mass is 311 g/mol. The van der Waals surface area contributed by atoms with Gasteiger partial charge in [-0.2, -0.15) is 10.1 Å².